The van der Waals surface area contributed by atoms with Gasteiger partial charge in [-0.2, -0.15) is 0 Å². The van der Waals surface area contributed by atoms with E-state index in [9.17, 15) is 14.4 Å². The van der Waals surface area contributed by atoms with Crippen molar-refractivity contribution in [2.24, 2.45) is 0 Å². The van der Waals surface area contributed by atoms with Crippen LogP contribution in [0.15, 0.2) is 24.3 Å². The van der Waals surface area contributed by atoms with Crippen molar-refractivity contribution in [2.75, 3.05) is 25.0 Å². The highest BCUT2D eigenvalue weighted by Gasteiger charge is 2.18. The van der Waals surface area contributed by atoms with Crippen LogP contribution in [0.1, 0.15) is 49.4 Å². The number of carbonyl (C=O) groups excluding carboxylic acids is 3. The minimum atomic E-state index is -0.380. The second-order valence-corrected chi connectivity index (χ2v) is 5.78. The summed E-state index contributed by atoms with van der Waals surface area (Å²) >= 11 is 0. The van der Waals surface area contributed by atoms with Crippen molar-refractivity contribution < 1.29 is 19.1 Å². The van der Waals surface area contributed by atoms with E-state index in [2.05, 4.69) is 5.32 Å². The van der Waals surface area contributed by atoms with Crippen LogP contribution in [0.3, 0.4) is 0 Å². The highest BCUT2D eigenvalue weighted by Crippen LogP contribution is 2.15. The van der Waals surface area contributed by atoms with Crippen molar-refractivity contribution in [3.63, 3.8) is 0 Å². The monoisotopic (exact) mass is 332 g/mol. The number of hydrogen-bond acceptors (Lipinski definition) is 4. The van der Waals surface area contributed by atoms with Gasteiger partial charge in [0.2, 0.25) is 5.91 Å². The molecular formula is C18H24N2O4. The highest BCUT2D eigenvalue weighted by atomic mass is 16.5. The van der Waals surface area contributed by atoms with Crippen molar-refractivity contribution in [2.45, 2.75) is 39.0 Å². The van der Waals surface area contributed by atoms with Gasteiger partial charge < -0.3 is 15.0 Å². The van der Waals surface area contributed by atoms with Crippen molar-refractivity contribution in [1.82, 2.24) is 4.90 Å². The first kappa shape index (κ1) is 18.0. The second kappa shape index (κ2) is 9.05. The number of anilines is 1. The fourth-order valence-electron chi connectivity index (χ4n) is 2.65. The van der Waals surface area contributed by atoms with Gasteiger partial charge in [0.25, 0.3) is 5.91 Å². The number of likely N-dealkylation sites (tertiary alicyclic amines) is 1. The molecule has 0 saturated carbocycles. The number of nitrogens with zero attached hydrogens (tertiary/aromatic N) is 1. The molecule has 1 aliphatic rings. The number of ether oxygens (including phenoxy) is 1. The summed E-state index contributed by atoms with van der Waals surface area (Å²) in [5.41, 5.74) is 1.24. The first-order chi connectivity index (χ1) is 11.6. The number of rotatable bonds is 6. The molecule has 1 saturated heterocycles. The van der Waals surface area contributed by atoms with Crippen LogP contribution < -0.4 is 5.32 Å². The van der Waals surface area contributed by atoms with Crippen molar-refractivity contribution >= 4 is 23.5 Å². The van der Waals surface area contributed by atoms with Gasteiger partial charge in [0, 0.05) is 30.8 Å². The van der Waals surface area contributed by atoms with E-state index in [0.29, 0.717) is 17.9 Å². The topological polar surface area (TPSA) is 75.7 Å². The van der Waals surface area contributed by atoms with E-state index in [1.165, 1.54) is 6.42 Å². The van der Waals surface area contributed by atoms with Gasteiger partial charge in [0.15, 0.2) is 0 Å². The molecular weight excluding hydrogens is 308 g/mol. The number of benzene rings is 1. The van der Waals surface area contributed by atoms with Gasteiger partial charge in [-0.15, -0.1) is 0 Å². The maximum atomic E-state index is 12.4. The Labute approximate surface area is 142 Å². The molecule has 1 aromatic rings. The fraction of sp³-hybridized carbons (Fsp3) is 0.500. The predicted molar refractivity (Wildman–Crippen MR) is 90.7 cm³/mol. The van der Waals surface area contributed by atoms with E-state index in [4.69, 9.17) is 4.74 Å². The number of esters is 1. The van der Waals surface area contributed by atoms with Crippen LogP contribution in [-0.4, -0.2) is 42.4 Å². The molecule has 2 amide bonds. The second-order valence-electron chi connectivity index (χ2n) is 5.78. The quantitative estimate of drug-likeness (QED) is 0.813. The summed E-state index contributed by atoms with van der Waals surface area (Å²) in [6.45, 7) is 3.66. The molecule has 0 bridgehead atoms. The summed E-state index contributed by atoms with van der Waals surface area (Å²) in [5.74, 6) is -0.594. The predicted octanol–water partition coefficient (Wildman–Crippen LogP) is 2.59. The van der Waals surface area contributed by atoms with Gasteiger partial charge in [0.1, 0.15) is 0 Å². The summed E-state index contributed by atoms with van der Waals surface area (Å²) in [5, 5.41) is 2.71. The molecule has 0 unspecified atom stereocenters. The normalized spacial score (nSPS) is 14.1. The van der Waals surface area contributed by atoms with Gasteiger partial charge >= 0.3 is 5.97 Å². The van der Waals surface area contributed by atoms with E-state index in [-0.39, 0.29) is 30.6 Å². The third-order valence-corrected chi connectivity index (χ3v) is 3.92. The van der Waals surface area contributed by atoms with Gasteiger partial charge in [-0.25, -0.2) is 0 Å². The Kier molecular flexibility index (Phi) is 6.78. The SMILES string of the molecule is CCOC(=O)CCC(=O)Nc1ccc(C(=O)N2CCCCC2)cc1. The summed E-state index contributed by atoms with van der Waals surface area (Å²) in [6.07, 6.45) is 3.43. The maximum absolute atomic E-state index is 12.4. The average Bonchev–Trinajstić information content (AvgIpc) is 2.61. The molecule has 1 N–H and O–H groups in total. The molecule has 0 aliphatic carbocycles. The van der Waals surface area contributed by atoms with Crippen LogP contribution in [0.2, 0.25) is 0 Å². The number of piperidine rings is 1. The molecule has 0 atom stereocenters. The number of carbonyl (C=O) groups is 3. The minimum Gasteiger partial charge on any atom is -0.466 e. The molecule has 6 nitrogen and oxygen atoms in total. The molecule has 2 rings (SSSR count). The van der Waals surface area contributed by atoms with Crippen LogP contribution in [0.25, 0.3) is 0 Å². The molecule has 1 heterocycles. The van der Waals surface area contributed by atoms with Crippen LogP contribution in [0.5, 0.6) is 0 Å². The highest BCUT2D eigenvalue weighted by molar-refractivity contribution is 5.96. The zero-order valence-electron chi connectivity index (χ0n) is 14.0. The van der Waals surface area contributed by atoms with Crippen molar-refractivity contribution in [3.8, 4) is 0 Å². The van der Waals surface area contributed by atoms with Gasteiger partial charge in [-0.1, -0.05) is 0 Å². The van der Waals surface area contributed by atoms with Crippen LogP contribution in [-0.2, 0) is 14.3 Å². The summed E-state index contributed by atoms with van der Waals surface area (Å²) < 4.78 is 4.78. The molecule has 0 aromatic heterocycles. The van der Waals surface area contributed by atoms with Crippen LogP contribution >= 0.6 is 0 Å². The Morgan fingerprint density at radius 1 is 1.04 bits per heavy atom. The number of hydrogen-bond donors (Lipinski definition) is 1. The van der Waals surface area contributed by atoms with E-state index < -0.39 is 0 Å². The number of amides is 2. The molecule has 0 spiro atoms. The van der Waals surface area contributed by atoms with Gasteiger partial charge in [0.05, 0.1) is 13.0 Å². The summed E-state index contributed by atoms with van der Waals surface area (Å²) in [4.78, 5) is 37.2. The first-order valence-corrected chi connectivity index (χ1v) is 8.45. The lowest BCUT2D eigenvalue weighted by molar-refractivity contribution is -0.144. The maximum Gasteiger partial charge on any atom is 0.306 e. The lowest BCUT2D eigenvalue weighted by Crippen LogP contribution is -2.35. The van der Waals surface area contributed by atoms with Crippen LogP contribution in [0.4, 0.5) is 5.69 Å². The first-order valence-electron chi connectivity index (χ1n) is 8.45. The third kappa shape index (κ3) is 5.37. The van der Waals surface area contributed by atoms with E-state index in [1.54, 1.807) is 31.2 Å². The van der Waals surface area contributed by atoms with Crippen molar-refractivity contribution in [3.05, 3.63) is 29.8 Å². The Bertz CT molecular complexity index is 577. The standard InChI is InChI=1S/C18H24N2O4/c1-2-24-17(22)11-10-16(21)19-15-8-6-14(7-9-15)18(23)20-12-4-3-5-13-20/h6-9H,2-5,10-13H2,1H3,(H,19,21). The molecule has 1 aromatic carbocycles. The van der Waals surface area contributed by atoms with Crippen LogP contribution in [0, 0.1) is 0 Å². The summed E-state index contributed by atoms with van der Waals surface area (Å²) in [7, 11) is 0. The van der Waals surface area contributed by atoms with E-state index >= 15 is 0 Å². The zero-order chi connectivity index (χ0) is 17.4. The average molecular weight is 332 g/mol. The lowest BCUT2D eigenvalue weighted by atomic mass is 10.1. The molecule has 0 radical (unpaired) electrons. The minimum absolute atomic E-state index is 0.0369. The molecule has 1 fully saturated rings. The Morgan fingerprint density at radius 3 is 2.33 bits per heavy atom. The fourth-order valence-corrected chi connectivity index (χ4v) is 2.65. The van der Waals surface area contributed by atoms with Gasteiger partial charge in [-0.05, 0) is 50.5 Å². The van der Waals surface area contributed by atoms with Gasteiger partial charge in [-0.3, -0.25) is 14.4 Å². The largest absolute Gasteiger partial charge is 0.466 e. The molecule has 130 valence electrons. The zero-order valence-corrected chi connectivity index (χ0v) is 14.0. The van der Waals surface area contributed by atoms with E-state index in [1.807, 2.05) is 4.90 Å². The Balaban J connectivity index is 1.84. The lowest BCUT2D eigenvalue weighted by Gasteiger charge is -2.26. The summed E-state index contributed by atoms with van der Waals surface area (Å²) in [6, 6.07) is 6.86. The molecule has 6 heteroatoms. The van der Waals surface area contributed by atoms with Crippen molar-refractivity contribution in [1.29, 1.82) is 0 Å². The Hall–Kier alpha value is -2.37. The third-order valence-electron chi connectivity index (χ3n) is 3.92. The van der Waals surface area contributed by atoms with E-state index in [0.717, 1.165) is 25.9 Å². The smallest absolute Gasteiger partial charge is 0.306 e. The molecule has 24 heavy (non-hydrogen) atoms. The number of nitrogens with one attached hydrogen (secondary N) is 1. The Morgan fingerprint density at radius 2 is 1.71 bits per heavy atom. The molecule has 1 aliphatic heterocycles.